The van der Waals surface area contributed by atoms with Crippen molar-refractivity contribution in [3.63, 3.8) is 0 Å². The first-order valence-electron chi connectivity index (χ1n) is 5.23. The molecule has 0 heterocycles. The van der Waals surface area contributed by atoms with Crippen molar-refractivity contribution in [3.8, 4) is 0 Å². The molecular weight excluding hydrogens is 258 g/mol. The normalized spacial score (nSPS) is 12.5. The minimum absolute atomic E-state index is 0.264. The van der Waals surface area contributed by atoms with Crippen molar-refractivity contribution in [2.45, 2.75) is 12.3 Å². The molecule has 0 aromatic heterocycles. The second kappa shape index (κ2) is 5.07. The van der Waals surface area contributed by atoms with Crippen LogP contribution in [0.3, 0.4) is 0 Å². The van der Waals surface area contributed by atoms with Gasteiger partial charge in [-0.3, -0.25) is 0 Å². The summed E-state index contributed by atoms with van der Waals surface area (Å²) in [6.07, 6.45) is 0. The zero-order chi connectivity index (χ0) is 12.4. The maximum absolute atomic E-state index is 12.8. The maximum Gasteiger partial charge on any atom is 0.123 e. The van der Waals surface area contributed by atoms with E-state index < -0.39 is 0 Å². The molecule has 0 saturated carbocycles. The van der Waals surface area contributed by atoms with Gasteiger partial charge in [-0.25, -0.2) is 4.39 Å². The summed E-state index contributed by atoms with van der Waals surface area (Å²) in [5.41, 5.74) is 2.83. The van der Waals surface area contributed by atoms with Gasteiger partial charge in [0.1, 0.15) is 5.82 Å². The molecule has 0 amide bonds. The Morgan fingerprint density at radius 2 is 1.65 bits per heavy atom. The molecule has 0 bridgehead atoms. The smallest absolute Gasteiger partial charge is 0.123 e. The van der Waals surface area contributed by atoms with Gasteiger partial charge in [0.25, 0.3) is 0 Å². The lowest BCUT2D eigenvalue weighted by atomic mass is 10.0. The summed E-state index contributed by atoms with van der Waals surface area (Å²) in [5, 5.41) is 0.348. The van der Waals surface area contributed by atoms with Crippen LogP contribution in [0.1, 0.15) is 22.1 Å². The molecule has 0 saturated heterocycles. The summed E-state index contributed by atoms with van der Waals surface area (Å²) < 4.78 is 12.8. The van der Waals surface area contributed by atoms with Crippen LogP contribution in [0.2, 0.25) is 5.02 Å². The van der Waals surface area contributed by atoms with E-state index in [1.54, 1.807) is 12.1 Å². The maximum atomic E-state index is 12.8. The summed E-state index contributed by atoms with van der Waals surface area (Å²) in [7, 11) is 0. The number of halogens is 3. The number of benzene rings is 2. The minimum atomic E-state index is -0.312. The Morgan fingerprint density at radius 1 is 1.00 bits per heavy atom. The van der Waals surface area contributed by atoms with E-state index in [0.717, 1.165) is 16.7 Å². The third kappa shape index (κ3) is 2.99. The lowest BCUT2D eigenvalue weighted by molar-refractivity contribution is 0.627. The molecule has 17 heavy (non-hydrogen) atoms. The van der Waals surface area contributed by atoms with Gasteiger partial charge >= 0.3 is 0 Å². The zero-order valence-corrected chi connectivity index (χ0v) is 10.8. The molecule has 0 radical (unpaired) electrons. The van der Waals surface area contributed by atoms with Crippen molar-refractivity contribution in [1.29, 1.82) is 0 Å². The van der Waals surface area contributed by atoms with Gasteiger partial charge in [0.05, 0.1) is 5.38 Å². The third-order valence-corrected chi connectivity index (χ3v) is 3.24. The van der Waals surface area contributed by atoms with E-state index in [4.69, 9.17) is 23.2 Å². The van der Waals surface area contributed by atoms with E-state index in [-0.39, 0.29) is 11.2 Å². The molecule has 2 aromatic rings. The average Bonchev–Trinajstić information content (AvgIpc) is 2.28. The molecule has 3 heteroatoms. The van der Waals surface area contributed by atoms with Gasteiger partial charge in [0.2, 0.25) is 0 Å². The van der Waals surface area contributed by atoms with Gasteiger partial charge in [-0.2, -0.15) is 0 Å². The molecule has 2 rings (SSSR count). The molecule has 0 nitrogen and oxygen atoms in total. The SMILES string of the molecule is Cc1cc(Cl)cc(C(Cl)c2ccc(F)cc2)c1. The monoisotopic (exact) mass is 268 g/mol. The third-order valence-electron chi connectivity index (χ3n) is 2.52. The molecule has 0 spiro atoms. The van der Waals surface area contributed by atoms with Crippen molar-refractivity contribution in [3.05, 3.63) is 70.0 Å². The van der Waals surface area contributed by atoms with E-state index in [0.29, 0.717) is 5.02 Å². The van der Waals surface area contributed by atoms with Gasteiger partial charge < -0.3 is 0 Å². The first-order chi connectivity index (χ1) is 8.06. The van der Waals surface area contributed by atoms with Crippen LogP contribution < -0.4 is 0 Å². The number of alkyl halides is 1. The molecular formula is C14H11Cl2F. The highest BCUT2D eigenvalue weighted by Gasteiger charge is 2.11. The molecule has 0 aliphatic rings. The molecule has 0 aliphatic heterocycles. The van der Waals surface area contributed by atoms with E-state index >= 15 is 0 Å². The van der Waals surface area contributed by atoms with Crippen molar-refractivity contribution >= 4 is 23.2 Å². The molecule has 1 unspecified atom stereocenters. The first kappa shape index (κ1) is 12.4. The van der Waals surface area contributed by atoms with E-state index in [1.165, 1.54) is 12.1 Å². The van der Waals surface area contributed by atoms with Gasteiger partial charge in [-0.1, -0.05) is 29.8 Å². The van der Waals surface area contributed by atoms with Crippen LogP contribution in [0, 0.1) is 12.7 Å². The molecule has 0 N–H and O–H groups in total. The van der Waals surface area contributed by atoms with E-state index in [9.17, 15) is 4.39 Å². The predicted molar refractivity (Wildman–Crippen MR) is 70.3 cm³/mol. The van der Waals surface area contributed by atoms with Crippen LogP contribution in [0.25, 0.3) is 0 Å². The fourth-order valence-electron chi connectivity index (χ4n) is 1.74. The number of hydrogen-bond donors (Lipinski definition) is 0. The first-order valence-corrected chi connectivity index (χ1v) is 6.04. The second-order valence-electron chi connectivity index (χ2n) is 3.98. The second-order valence-corrected chi connectivity index (χ2v) is 4.85. The van der Waals surface area contributed by atoms with E-state index in [1.807, 2.05) is 25.1 Å². The summed E-state index contributed by atoms with van der Waals surface area (Å²) in [6.45, 7) is 1.96. The van der Waals surface area contributed by atoms with Gasteiger partial charge in [-0.15, -0.1) is 11.6 Å². The Kier molecular flexibility index (Phi) is 3.70. The standard InChI is InChI=1S/C14H11Cl2F/c1-9-6-11(8-12(15)7-9)14(16)10-2-4-13(17)5-3-10/h2-8,14H,1H3. The Hall–Kier alpha value is -1.05. The van der Waals surface area contributed by atoms with Gasteiger partial charge in [-0.05, 0) is 47.9 Å². The van der Waals surface area contributed by atoms with Crippen molar-refractivity contribution in [2.75, 3.05) is 0 Å². The van der Waals surface area contributed by atoms with Crippen molar-refractivity contribution in [2.24, 2.45) is 0 Å². The Balaban J connectivity index is 2.36. The predicted octanol–water partition coefficient (Wildman–Crippen LogP) is 5.12. The fourth-order valence-corrected chi connectivity index (χ4v) is 2.30. The Labute approximate surface area is 110 Å². The summed E-state index contributed by atoms with van der Waals surface area (Å²) in [5.74, 6) is -0.264. The molecule has 1 atom stereocenters. The molecule has 2 aromatic carbocycles. The quantitative estimate of drug-likeness (QED) is 0.664. The van der Waals surface area contributed by atoms with Crippen LogP contribution in [-0.4, -0.2) is 0 Å². The van der Waals surface area contributed by atoms with Crippen LogP contribution in [0.15, 0.2) is 42.5 Å². The van der Waals surface area contributed by atoms with Crippen LogP contribution in [-0.2, 0) is 0 Å². The summed E-state index contributed by atoms with van der Waals surface area (Å²) in [6, 6.07) is 11.9. The van der Waals surface area contributed by atoms with Crippen LogP contribution in [0.4, 0.5) is 4.39 Å². The molecule has 0 fully saturated rings. The summed E-state index contributed by atoms with van der Waals surface area (Å²) >= 11 is 12.3. The largest absolute Gasteiger partial charge is 0.207 e. The number of aryl methyl sites for hydroxylation is 1. The molecule has 0 aliphatic carbocycles. The average molecular weight is 269 g/mol. The minimum Gasteiger partial charge on any atom is -0.207 e. The number of rotatable bonds is 2. The van der Waals surface area contributed by atoms with Crippen molar-refractivity contribution in [1.82, 2.24) is 0 Å². The highest BCUT2D eigenvalue weighted by molar-refractivity contribution is 6.31. The van der Waals surface area contributed by atoms with Gasteiger partial charge in [0, 0.05) is 5.02 Å². The van der Waals surface area contributed by atoms with E-state index in [2.05, 4.69) is 0 Å². The zero-order valence-electron chi connectivity index (χ0n) is 9.25. The number of hydrogen-bond acceptors (Lipinski definition) is 0. The summed E-state index contributed by atoms with van der Waals surface area (Å²) in [4.78, 5) is 0. The lowest BCUT2D eigenvalue weighted by Crippen LogP contribution is -1.94. The topological polar surface area (TPSA) is 0 Å². The Morgan fingerprint density at radius 3 is 2.24 bits per heavy atom. The van der Waals surface area contributed by atoms with Crippen molar-refractivity contribution < 1.29 is 4.39 Å². The van der Waals surface area contributed by atoms with Crippen LogP contribution in [0.5, 0.6) is 0 Å². The van der Waals surface area contributed by atoms with Crippen LogP contribution >= 0.6 is 23.2 Å². The Bertz CT molecular complexity index is 500. The fraction of sp³-hybridized carbons (Fsp3) is 0.143. The van der Waals surface area contributed by atoms with Gasteiger partial charge in [0.15, 0.2) is 0 Å². The molecule has 88 valence electrons. The highest BCUT2D eigenvalue weighted by atomic mass is 35.5. The lowest BCUT2D eigenvalue weighted by Gasteiger charge is -2.11. The highest BCUT2D eigenvalue weighted by Crippen LogP contribution is 2.31.